The number of rotatable bonds is 2. The molecule has 0 aromatic rings. The van der Waals surface area contributed by atoms with Gasteiger partial charge in [-0.3, -0.25) is 0 Å². The molecule has 1 fully saturated rings. The smallest absolute Gasteiger partial charge is 0.0254 e. The number of halogens is 2. The summed E-state index contributed by atoms with van der Waals surface area (Å²) in [5.74, 6) is 3.01. The molecule has 0 bridgehead atoms. The van der Waals surface area contributed by atoms with Gasteiger partial charge in [-0.25, -0.2) is 0 Å². The highest BCUT2D eigenvalue weighted by Crippen LogP contribution is 2.31. The second-order valence-corrected chi connectivity index (χ2v) is 3.73. The topological polar surface area (TPSA) is 0 Å². The van der Waals surface area contributed by atoms with Crippen LogP contribution in [0.15, 0.2) is 0 Å². The molecule has 10 heavy (non-hydrogen) atoms. The van der Waals surface area contributed by atoms with Gasteiger partial charge in [0.2, 0.25) is 0 Å². The number of hydrogen-bond acceptors (Lipinski definition) is 0. The van der Waals surface area contributed by atoms with Crippen LogP contribution >= 0.6 is 23.2 Å². The van der Waals surface area contributed by atoms with E-state index in [0.29, 0.717) is 11.8 Å². The van der Waals surface area contributed by atoms with E-state index >= 15 is 0 Å². The van der Waals surface area contributed by atoms with Gasteiger partial charge in [-0.15, -0.1) is 23.2 Å². The third kappa shape index (κ3) is 2.03. The Bertz CT molecular complexity index is 81.3. The summed E-state index contributed by atoms with van der Waals surface area (Å²) in [7, 11) is 0. The normalized spacial score (nSPS) is 34.2. The first-order valence-electron chi connectivity index (χ1n) is 4.00. The van der Waals surface area contributed by atoms with Crippen LogP contribution < -0.4 is 0 Å². The molecule has 0 nitrogen and oxygen atoms in total. The fraction of sp³-hybridized carbons (Fsp3) is 1.00. The van der Waals surface area contributed by atoms with Gasteiger partial charge >= 0.3 is 0 Å². The average molecular weight is 181 g/mol. The Morgan fingerprint density at radius 3 is 1.60 bits per heavy atom. The third-order valence-corrected chi connectivity index (χ3v) is 3.26. The van der Waals surface area contributed by atoms with E-state index in [0.717, 1.165) is 11.8 Å². The van der Waals surface area contributed by atoms with Gasteiger partial charge < -0.3 is 0 Å². The lowest BCUT2D eigenvalue weighted by atomic mass is 9.81. The second kappa shape index (κ2) is 4.46. The molecule has 0 unspecified atom stereocenters. The SMILES string of the molecule is ClC[C@@H]1CCCC[C@@H]1CCl. The lowest BCUT2D eigenvalue weighted by molar-refractivity contribution is 0.284. The van der Waals surface area contributed by atoms with Crippen LogP contribution in [0.3, 0.4) is 0 Å². The second-order valence-electron chi connectivity index (χ2n) is 3.11. The van der Waals surface area contributed by atoms with Gasteiger partial charge in [-0.1, -0.05) is 12.8 Å². The van der Waals surface area contributed by atoms with Crippen LogP contribution in [0, 0.1) is 11.8 Å². The summed E-state index contributed by atoms with van der Waals surface area (Å²) >= 11 is 11.6. The van der Waals surface area contributed by atoms with E-state index < -0.39 is 0 Å². The Morgan fingerprint density at radius 1 is 0.900 bits per heavy atom. The molecule has 0 heterocycles. The van der Waals surface area contributed by atoms with Gasteiger partial charge in [-0.05, 0) is 24.7 Å². The minimum atomic E-state index is 0.702. The third-order valence-electron chi connectivity index (χ3n) is 2.46. The van der Waals surface area contributed by atoms with Crippen molar-refractivity contribution in [3.63, 3.8) is 0 Å². The Balaban J connectivity index is 2.34. The van der Waals surface area contributed by atoms with Crippen molar-refractivity contribution in [1.82, 2.24) is 0 Å². The first-order chi connectivity index (χ1) is 4.88. The highest BCUT2D eigenvalue weighted by atomic mass is 35.5. The Kier molecular flexibility index (Phi) is 3.87. The Morgan fingerprint density at radius 2 is 1.30 bits per heavy atom. The molecule has 2 atom stereocenters. The molecule has 1 aliphatic carbocycles. The highest BCUT2D eigenvalue weighted by molar-refractivity contribution is 6.19. The number of hydrogen-bond donors (Lipinski definition) is 0. The summed E-state index contributed by atoms with van der Waals surface area (Å²) in [6, 6.07) is 0. The lowest BCUT2D eigenvalue weighted by Crippen LogP contribution is -2.21. The molecule has 1 saturated carbocycles. The van der Waals surface area contributed by atoms with Crippen LogP contribution in [0.4, 0.5) is 0 Å². The summed E-state index contributed by atoms with van der Waals surface area (Å²) in [6.45, 7) is 0. The van der Waals surface area contributed by atoms with Crippen LogP contribution in [0.5, 0.6) is 0 Å². The molecule has 0 saturated heterocycles. The Hall–Kier alpha value is 0.580. The van der Waals surface area contributed by atoms with Crippen molar-refractivity contribution in [2.75, 3.05) is 11.8 Å². The van der Waals surface area contributed by atoms with E-state index in [4.69, 9.17) is 23.2 Å². The fourth-order valence-corrected chi connectivity index (χ4v) is 2.50. The van der Waals surface area contributed by atoms with E-state index in [1.54, 1.807) is 0 Å². The predicted molar refractivity (Wildman–Crippen MR) is 46.9 cm³/mol. The van der Waals surface area contributed by atoms with Gasteiger partial charge in [0.05, 0.1) is 0 Å². The van der Waals surface area contributed by atoms with Gasteiger partial charge in [0.25, 0.3) is 0 Å². The van der Waals surface area contributed by atoms with Crippen molar-refractivity contribution in [2.45, 2.75) is 25.7 Å². The molecule has 1 aliphatic rings. The molecule has 0 aromatic heterocycles. The standard InChI is InChI=1S/C8H14Cl2/c9-5-7-3-1-2-4-8(7)6-10/h7-8H,1-6H2/t7-,8+. The molecule has 0 amide bonds. The van der Waals surface area contributed by atoms with Crippen molar-refractivity contribution < 1.29 is 0 Å². The van der Waals surface area contributed by atoms with Crippen LogP contribution in [-0.2, 0) is 0 Å². The van der Waals surface area contributed by atoms with E-state index in [1.165, 1.54) is 25.7 Å². The maximum atomic E-state index is 5.80. The summed E-state index contributed by atoms with van der Waals surface area (Å²) in [5.41, 5.74) is 0. The maximum Gasteiger partial charge on any atom is 0.0254 e. The molecule has 0 N–H and O–H groups in total. The molecule has 0 radical (unpaired) electrons. The summed E-state index contributed by atoms with van der Waals surface area (Å²) < 4.78 is 0. The molecular formula is C8H14Cl2. The average Bonchev–Trinajstić information content (AvgIpc) is 2.04. The number of alkyl halides is 2. The molecular weight excluding hydrogens is 167 g/mol. The molecule has 0 spiro atoms. The quantitative estimate of drug-likeness (QED) is 0.573. The van der Waals surface area contributed by atoms with Crippen molar-refractivity contribution in [3.8, 4) is 0 Å². The van der Waals surface area contributed by atoms with E-state index in [-0.39, 0.29) is 0 Å². The van der Waals surface area contributed by atoms with Crippen molar-refractivity contribution >= 4 is 23.2 Å². The largest absolute Gasteiger partial charge is 0.126 e. The molecule has 0 aliphatic heterocycles. The predicted octanol–water partition coefficient (Wildman–Crippen LogP) is 3.27. The van der Waals surface area contributed by atoms with Gasteiger partial charge in [0, 0.05) is 11.8 Å². The van der Waals surface area contributed by atoms with E-state index in [1.807, 2.05) is 0 Å². The minimum Gasteiger partial charge on any atom is -0.126 e. The fourth-order valence-electron chi connectivity index (χ4n) is 1.69. The van der Waals surface area contributed by atoms with E-state index in [2.05, 4.69) is 0 Å². The van der Waals surface area contributed by atoms with Crippen LogP contribution in [0.2, 0.25) is 0 Å². The minimum absolute atomic E-state index is 0.702. The zero-order chi connectivity index (χ0) is 7.40. The molecule has 2 heteroatoms. The zero-order valence-electron chi connectivity index (χ0n) is 6.15. The van der Waals surface area contributed by atoms with Crippen LogP contribution in [0.25, 0.3) is 0 Å². The Labute approximate surface area is 72.9 Å². The molecule has 1 rings (SSSR count). The van der Waals surface area contributed by atoms with Crippen LogP contribution in [0.1, 0.15) is 25.7 Å². The van der Waals surface area contributed by atoms with Gasteiger partial charge in [0.1, 0.15) is 0 Å². The van der Waals surface area contributed by atoms with E-state index in [9.17, 15) is 0 Å². The lowest BCUT2D eigenvalue weighted by Gasteiger charge is -2.28. The zero-order valence-corrected chi connectivity index (χ0v) is 7.67. The van der Waals surface area contributed by atoms with Crippen LogP contribution in [-0.4, -0.2) is 11.8 Å². The molecule has 0 aromatic carbocycles. The van der Waals surface area contributed by atoms with Crippen molar-refractivity contribution in [1.29, 1.82) is 0 Å². The summed E-state index contributed by atoms with van der Waals surface area (Å²) in [4.78, 5) is 0. The first-order valence-corrected chi connectivity index (χ1v) is 5.07. The maximum absolute atomic E-state index is 5.80. The summed E-state index contributed by atoms with van der Waals surface area (Å²) in [5, 5.41) is 0. The van der Waals surface area contributed by atoms with Crippen molar-refractivity contribution in [2.24, 2.45) is 11.8 Å². The summed E-state index contributed by atoms with van der Waals surface area (Å²) in [6.07, 6.45) is 5.29. The molecule has 60 valence electrons. The highest BCUT2D eigenvalue weighted by Gasteiger charge is 2.22. The van der Waals surface area contributed by atoms with Gasteiger partial charge in [0.15, 0.2) is 0 Å². The first kappa shape index (κ1) is 8.67. The van der Waals surface area contributed by atoms with Gasteiger partial charge in [-0.2, -0.15) is 0 Å². The van der Waals surface area contributed by atoms with Crippen molar-refractivity contribution in [3.05, 3.63) is 0 Å². The monoisotopic (exact) mass is 180 g/mol.